The molecule has 1 aromatic rings. The first-order chi connectivity index (χ1) is 9.56. The predicted octanol–water partition coefficient (Wildman–Crippen LogP) is 2.52. The van der Waals surface area contributed by atoms with Gasteiger partial charge in [0, 0.05) is 31.0 Å². The highest BCUT2D eigenvalue weighted by Gasteiger charge is 2.15. The minimum atomic E-state index is -1.21. The lowest BCUT2D eigenvalue weighted by Crippen LogP contribution is -2.13. The molecule has 0 aliphatic carbocycles. The molecule has 20 heavy (non-hydrogen) atoms. The van der Waals surface area contributed by atoms with Crippen LogP contribution in [0, 0.1) is 10.1 Å². The zero-order chi connectivity index (χ0) is 15.0. The number of anilines is 1. The average molecular weight is 282 g/mol. The molecule has 0 heterocycles. The van der Waals surface area contributed by atoms with Gasteiger partial charge in [0.2, 0.25) is 0 Å². The third kappa shape index (κ3) is 4.85. The Morgan fingerprint density at radius 3 is 2.80 bits per heavy atom. The topological polar surface area (TPSA) is 102 Å². The number of unbranched alkanes of at least 4 members (excludes halogenated alkanes) is 1. The molecule has 0 saturated heterocycles. The van der Waals surface area contributed by atoms with Gasteiger partial charge in [0.05, 0.1) is 17.1 Å². The molecule has 0 saturated carbocycles. The summed E-state index contributed by atoms with van der Waals surface area (Å²) >= 11 is 0. The Morgan fingerprint density at radius 2 is 2.20 bits per heavy atom. The Morgan fingerprint density at radius 1 is 1.45 bits per heavy atom. The van der Waals surface area contributed by atoms with Crippen LogP contribution in [0.3, 0.4) is 0 Å². The van der Waals surface area contributed by atoms with Gasteiger partial charge in [0.1, 0.15) is 0 Å². The van der Waals surface area contributed by atoms with Crippen molar-refractivity contribution in [1.82, 2.24) is 0 Å². The quantitative estimate of drug-likeness (QED) is 0.410. The van der Waals surface area contributed by atoms with Gasteiger partial charge >= 0.3 is 5.97 Å². The smallest absolute Gasteiger partial charge is 0.338 e. The third-order valence-electron chi connectivity index (χ3n) is 2.65. The molecule has 0 bridgehead atoms. The van der Waals surface area contributed by atoms with Crippen molar-refractivity contribution in [2.45, 2.75) is 19.8 Å². The van der Waals surface area contributed by atoms with E-state index < -0.39 is 10.9 Å². The van der Waals surface area contributed by atoms with Crippen molar-refractivity contribution in [1.29, 1.82) is 0 Å². The van der Waals surface area contributed by atoms with Crippen LogP contribution < -0.4 is 5.32 Å². The summed E-state index contributed by atoms with van der Waals surface area (Å²) in [5.41, 5.74) is -0.0119. The second-order valence-corrected chi connectivity index (χ2v) is 4.18. The van der Waals surface area contributed by atoms with Crippen molar-refractivity contribution < 1.29 is 19.6 Å². The van der Waals surface area contributed by atoms with Gasteiger partial charge in [-0.25, -0.2) is 4.79 Å². The van der Waals surface area contributed by atoms with Gasteiger partial charge in [-0.3, -0.25) is 10.1 Å². The first kappa shape index (κ1) is 15.9. The Kier molecular flexibility index (Phi) is 6.45. The number of carboxylic acid groups (broad SMARTS) is 1. The normalized spacial score (nSPS) is 10.2. The zero-order valence-corrected chi connectivity index (χ0v) is 11.3. The first-order valence-electron chi connectivity index (χ1n) is 6.39. The van der Waals surface area contributed by atoms with Gasteiger partial charge in [-0.2, -0.15) is 0 Å². The molecule has 0 aromatic heterocycles. The van der Waals surface area contributed by atoms with Crippen molar-refractivity contribution in [2.24, 2.45) is 0 Å². The lowest BCUT2D eigenvalue weighted by Gasteiger charge is -2.09. The molecule has 0 radical (unpaired) electrons. The van der Waals surface area contributed by atoms with Crippen LogP contribution in [0.25, 0.3) is 0 Å². The number of nitro benzene ring substituents is 1. The summed E-state index contributed by atoms with van der Waals surface area (Å²) in [6.07, 6.45) is 2.04. The lowest BCUT2D eigenvalue weighted by atomic mass is 10.1. The number of nitrogens with zero attached hydrogens (tertiary/aromatic N) is 1. The molecule has 110 valence electrons. The maximum atomic E-state index is 11.1. The highest BCUT2D eigenvalue weighted by atomic mass is 16.6. The Balaban J connectivity index is 2.60. The fourth-order valence-electron chi connectivity index (χ4n) is 1.58. The third-order valence-corrected chi connectivity index (χ3v) is 2.65. The molecule has 0 aliphatic rings. The number of carboxylic acids is 1. The summed E-state index contributed by atoms with van der Waals surface area (Å²) in [7, 11) is 0. The van der Waals surface area contributed by atoms with Crippen LogP contribution in [-0.4, -0.2) is 35.8 Å². The summed E-state index contributed by atoms with van der Waals surface area (Å²) in [6.45, 7) is 3.64. The van der Waals surface area contributed by atoms with E-state index in [4.69, 9.17) is 9.84 Å². The summed E-state index contributed by atoms with van der Waals surface area (Å²) in [5, 5.41) is 22.6. The number of hydrogen-bond donors (Lipinski definition) is 2. The van der Waals surface area contributed by atoms with Gasteiger partial charge in [-0.1, -0.05) is 13.3 Å². The number of nitro groups is 1. The maximum absolute atomic E-state index is 11.1. The maximum Gasteiger partial charge on any atom is 0.338 e. The van der Waals surface area contributed by atoms with E-state index in [9.17, 15) is 14.9 Å². The number of ether oxygens (including phenoxy) is 1. The fraction of sp³-hybridized carbons (Fsp3) is 0.462. The summed E-state index contributed by atoms with van der Waals surface area (Å²) in [4.78, 5) is 21.1. The Bertz CT molecular complexity index is 476. The molecule has 0 aliphatic heterocycles. The van der Waals surface area contributed by atoms with Gasteiger partial charge in [-0.05, 0) is 12.5 Å². The number of nitrogens with one attached hydrogen (secondary N) is 1. The highest BCUT2D eigenvalue weighted by molar-refractivity contribution is 5.95. The highest BCUT2D eigenvalue weighted by Crippen LogP contribution is 2.22. The first-order valence-corrected chi connectivity index (χ1v) is 6.39. The van der Waals surface area contributed by atoms with Gasteiger partial charge in [0.25, 0.3) is 5.69 Å². The van der Waals surface area contributed by atoms with E-state index in [2.05, 4.69) is 12.2 Å². The second kappa shape index (κ2) is 8.11. The number of rotatable bonds is 9. The van der Waals surface area contributed by atoms with Crippen LogP contribution >= 0.6 is 0 Å². The van der Waals surface area contributed by atoms with Crippen LogP contribution in [0.2, 0.25) is 0 Å². The van der Waals surface area contributed by atoms with Crippen LogP contribution in [-0.2, 0) is 4.74 Å². The number of non-ortho nitro benzene ring substituents is 1. The molecule has 7 heteroatoms. The standard InChI is InChI=1S/C13H18N2O5/c1-2-3-7-20-8-6-14-12-5-4-10(15(18)19)9-11(12)13(16)17/h4-5,9,14H,2-3,6-8H2,1H3,(H,16,17). The average Bonchev–Trinajstić information content (AvgIpc) is 2.42. The molecule has 0 unspecified atom stereocenters. The molecule has 0 fully saturated rings. The van der Waals surface area contributed by atoms with Crippen LogP contribution in [0.5, 0.6) is 0 Å². The van der Waals surface area contributed by atoms with Gasteiger partial charge in [-0.15, -0.1) is 0 Å². The van der Waals surface area contributed by atoms with Crippen LogP contribution in [0.4, 0.5) is 11.4 Å². The zero-order valence-electron chi connectivity index (χ0n) is 11.3. The molecule has 2 N–H and O–H groups in total. The molecular weight excluding hydrogens is 264 g/mol. The fourth-order valence-corrected chi connectivity index (χ4v) is 1.58. The van der Waals surface area contributed by atoms with E-state index in [0.717, 1.165) is 18.9 Å². The Labute approximate surface area is 116 Å². The SMILES string of the molecule is CCCCOCCNc1ccc([N+](=O)[O-])cc1C(=O)O. The molecule has 0 atom stereocenters. The van der Waals surface area contributed by atoms with Gasteiger partial charge in [0.15, 0.2) is 0 Å². The van der Waals surface area contributed by atoms with Crippen molar-refractivity contribution in [3.05, 3.63) is 33.9 Å². The molecule has 0 spiro atoms. The minimum Gasteiger partial charge on any atom is -0.478 e. The summed E-state index contributed by atoms with van der Waals surface area (Å²) < 4.78 is 5.34. The molecule has 7 nitrogen and oxygen atoms in total. The van der Waals surface area contributed by atoms with Crippen molar-refractivity contribution in [3.8, 4) is 0 Å². The van der Waals surface area contributed by atoms with E-state index in [1.54, 1.807) is 0 Å². The van der Waals surface area contributed by atoms with Gasteiger partial charge < -0.3 is 15.2 Å². The molecule has 1 rings (SSSR count). The number of benzene rings is 1. The molecular formula is C13H18N2O5. The monoisotopic (exact) mass is 282 g/mol. The van der Waals surface area contributed by atoms with Crippen LogP contribution in [0.1, 0.15) is 30.1 Å². The van der Waals surface area contributed by atoms with Crippen LogP contribution in [0.15, 0.2) is 18.2 Å². The van der Waals surface area contributed by atoms with Crippen molar-refractivity contribution in [2.75, 3.05) is 25.1 Å². The Hall–Kier alpha value is -2.15. The van der Waals surface area contributed by atoms with E-state index in [-0.39, 0.29) is 11.3 Å². The number of carbonyl (C=O) groups is 1. The second-order valence-electron chi connectivity index (χ2n) is 4.18. The largest absolute Gasteiger partial charge is 0.478 e. The van der Waals surface area contributed by atoms with Crippen molar-refractivity contribution in [3.63, 3.8) is 0 Å². The predicted molar refractivity (Wildman–Crippen MR) is 74.3 cm³/mol. The van der Waals surface area contributed by atoms with Crippen molar-refractivity contribution >= 4 is 17.3 Å². The molecule has 1 aromatic carbocycles. The van der Waals surface area contributed by atoms with E-state index in [1.165, 1.54) is 12.1 Å². The van der Waals surface area contributed by atoms with E-state index >= 15 is 0 Å². The minimum absolute atomic E-state index is 0.118. The molecule has 0 amide bonds. The van der Waals surface area contributed by atoms with E-state index in [1.807, 2.05) is 0 Å². The number of aromatic carboxylic acids is 1. The summed E-state index contributed by atoms with van der Waals surface area (Å²) in [6, 6.07) is 3.71. The number of hydrogen-bond acceptors (Lipinski definition) is 5. The lowest BCUT2D eigenvalue weighted by molar-refractivity contribution is -0.384. The summed E-state index contributed by atoms with van der Waals surface area (Å²) in [5.74, 6) is -1.21. The van der Waals surface area contributed by atoms with E-state index in [0.29, 0.717) is 25.4 Å².